The molecule has 3 aliphatic rings. The van der Waals surface area contributed by atoms with Crippen molar-refractivity contribution in [3.05, 3.63) is 48.3 Å². The molecular formula is C28H40N6O2. The predicted octanol–water partition coefficient (Wildman–Crippen LogP) is 5.18. The number of aliphatic imine (C=N–C) groups is 2. The first-order chi connectivity index (χ1) is 17.6. The Bertz CT molecular complexity index is 974. The van der Waals surface area contributed by atoms with Gasteiger partial charge in [0.1, 0.15) is 17.9 Å². The van der Waals surface area contributed by atoms with E-state index in [1.165, 1.54) is 19.3 Å². The lowest BCUT2D eigenvalue weighted by Gasteiger charge is -2.27. The zero-order chi connectivity index (χ0) is 25.2. The monoisotopic (exact) mass is 492 g/mol. The summed E-state index contributed by atoms with van der Waals surface area (Å²) < 4.78 is 5.99. The van der Waals surface area contributed by atoms with Crippen LogP contribution in [0.15, 0.2) is 58.2 Å². The van der Waals surface area contributed by atoms with Crippen LogP contribution >= 0.6 is 0 Å². The van der Waals surface area contributed by atoms with Gasteiger partial charge < -0.3 is 25.6 Å². The van der Waals surface area contributed by atoms with Gasteiger partial charge in [-0.3, -0.25) is 4.99 Å². The Morgan fingerprint density at radius 1 is 1.08 bits per heavy atom. The van der Waals surface area contributed by atoms with Crippen molar-refractivity contribution in [2.24, 2.45) is 15.9 Å². The Labute approximate surface area is 215 Å². The molecule has 8 heteroatoms. The van der Waals surface area contributed by atoms with E-state index in [0.29, 0.717) is 6.61 Å². The summed E-state index contributed by atoms with van der Waals surface area (Å²) in [4.78, 5) is 23.8. The lowest BCUT2D eigenvalue weighted by atomic mass is 9.92. The van der Waals surface area contributed by atoms with Crippen LogP contribution in [0, 0.1) is 5.92 Å². The summed E-state index contributed by atoms with van der Waals surface area (Å²) in [7, 11) is 0. The molecule has 1 fully saturated rings. The largest absolute Gasteiger partial charge is 0.494 e. The second-order valence-corrected chi connectivity index (χ2v) is 9.59. The third kappa shape index (κ3) is 7.43. The summed E-state index contributed by atoms with van der Waals surface area (Å²) in [6.45, 7) is 8.27. The van der Waals surface area contributed by atoms with Gasteiger partial charge in [-0.2, -0.15) is 0 Å². The Hall–Kier alpha value is -3.13. The van der Waals surface area contributed by atoms with Crippen LogP contribution in [0.3, 0.4) is 0 Å². The highest BCUT2D eigenvalue weighted by atomic mass is 16.5. The van der Waals surface area contributed by atoms with Gasteiger partial charge in [-0.25, -0.2) is 9.79 Å². The summed E-state index contributed by atoms with van der Waals surface area (Å²) >= 11 is 0. The van der Waals surface area contributed by atoms with Crippen LogP contribution in [-0.4, -0.2) is 61.4 Å². The smallest absolute Gasteiger partial charge is 0.319 e. The van der Waals surface area contributed by atoms with Crippen LogP contribution in [-0.2, 0) is 4.74 Å². The third-order valence-electron chi connectivity index (χ3n) is 7.06. The minimum absolute atomic E-state index is 0.0304. The molecule has 0 saturated heterocycles. The molecule has 2 unspecified atom stereocenters. The van der Waals surface area contributed by atoms with Crippen LogP contribution in [0.25, 0.3) is 0 Å². The zero-order valence-corrected chi connectivity index (χ0v) is 21.6. The molecular weight excluding hydrogens is 452 g/mol. The highest BCUT2D eigenvalue weighted by molar-refractivity contribution is 6.04. The van der Waals surface area contributed by atoms with Crippen molar-refractivity contribution < 1.29 is 9.53 Å². The molecule has 1 aromatic rings. The molecule has 194 valence electrons. The van der Waals surface area contributed by atoms with Crippen molar-refractivity contribution in [3.63, 3.8) is 0 Å². The fourth-order valence-electron chi connectivity index (χ4n) is 4.90. The van der Waals surface area contributed by atoms with E-state index in [9.17, 15) is 4.79 Å². The Morgan fingerprint density at radius 3 is 2.58 bits per heavy atom. The number of nitrogens with one attached hydrogen (secondary N) is 3. The topological polar surface area (TPSA) is 90.3 Å². The van der Waals surface area contributed by atoms with Crippen LogP contribution in [0.2, 0.25) is 0 Å². The van der Waals surface area contributed by atoms with Crippen molar-refractivity contribution in [2.45, 2.75) is 64.5 Å². The summed E-state index contributed by atoms with van der Waals surface area (Å²) in [6.07, 6.45) is 14.6. The maximum Gasteiger partial charge on any atom is 0.319 e. The van der Waals surface area contributed by atoms with Gasteiger partial charge in [-0.1, -0.05) is 39.2 Å². The van der Waals surface area contributed by atoms with Crippen LogP contribution in [0.5, 0.6) is 0 Å². The molecule has 0 bridgehead atoms. The number of urea groups is 1. The summed E-state index contributed by atoms with van der Waals surface area (Å²) in [5.74, 6) is 1.76. The number of nitrogens with zero attached hydrogens (tertiary/aromatic N) is 3. The first-order valence-electron chi connectivity index (χ1n) is 13.4. The van der Waals surface area contributed by atoms with Crippen molar-refractivity contribution >= 4 is 29.6 Å². The van der Waals surface area contributed by atoms with Gasteiger partial charge in [-0.05, 0) is 68.8 Å². The number of carbonyl (C=O) groups excluding carboxylic acids is 1. The number of hydrogen-bond donors (Lipinski definition) is 3. The summed E-state index contributed by atoms with van der Waals surface area (Å²) in [5, 5.41) is 9.44. The molecule has 2 atom stereocenters. The number of amides is 2. The van der Waals surface area contributed by atoms with Crippen LogP contribution in [0.4, 0.5) is 16.2 Å². The van der Waals surface area contributed by atoms with Gasteiger partial charge in [0.2, 0.25) is 0 Å². The average Bonchev–Trinajstić information content (AvgIpc) is 2.90. The molecule has 1 saturated carbocycles. The van der Waals surface area contributed by atoms with Crippen molar-refractivity contribution in [3.8, 4) is 0 Å². The fourth-order valence-corrected chi connectivity index (χ4v) is 4.90. The molecule has 2 amide bonds. The fraction of sp³-hybridized carbons (Fsp3) is 0.536. The van der Waals surface area contributed by atoms with Gasteiger partial charge in [0.05, 0.1) is 18.6 Å². The number of hydrogen-bond acceptors (Lipinski definition) is 6. The van der Waals surface area contributed by atoms with Crippen LogP contribution in [0.1, 0.15) is 52.4 Å². The molecule has 36 heavy (non-hydrogen) atoms. The van der Waals surface area contributed by atoms with Gasteiger partial charge in [0.15, 0.2) is 0 Å². The van der Waals surface area contributed by atoms with Gasteiger partial charge in [0.25, 0.3) is 0 Å². The number of carbonyl (C=O) groups is 1. The number of rotatable bonds is 10. The number of fused-ring (bicyclic) bond motifs is 1. The number of anilines is 2. The number of amidine groups is 1. The van der Waals surface area contributed by atoms with Crippen LogP contribution < -0.4 is 16.0 Å². The molecule has 1 aliphatic heterocycles. The van der Waals surface area contributed by atoms with E-state index in [0.717, 1.165) is 61.9 Å². The Kier molecular flexibility index (Phi) is 9.55. The minimum atomic E-state index is -0.136. The Morgan fingerprint density at radius 2 is 1.83 bits per heavy atom. The number of ether oxygens (including phenoxy) is 1. The lowest BCUT2D eigenvalue weighted by molar-refractivity contribution is 0.193. The molecule has 3 N–H and O–H groups in total. The molecule has 2 aliphatic carbocycles. The Balaban J connectivity index is 1.24. The zero-order valence-electron chi connectivity index (χ0n) is 21.6. The van der Waals surface area contributed by atoms with Crippen molar-refractivity contribution in [1.29, 1.82) is 0 Å². The van der Waals surface area contributed by atoms with Gasteiger partial charge >= 0.3 is 6.03 Å². The molecule has 1 heterocycles. The molecule has 8 nitrogen and oxygen atoms in total. The first kappa shape index (κ1) is 25.9. The SMILES string of the molecule is CCN(CC)CCCOC1=CC2N=CN=C(Nc3ccc(NC(=O)NC4CCCCC4)cc3)C2C=C1. The summed E-state index contributed by atoms with van der Waals surface area (Å²) in [5.41, 5.74) is 1.68. The highest BCUT2D eigenvalue weighted by Crippen LogP contribution is 2.26. The lowest BCUT2D eigenvalue weighted by Crippen LogP contribution is -2.39. The molecule has 0 aromatic heterocycles. The second-order valence-electron chi connectivity index (χ2n) is 9.59. The first-order valence-corrected chi connectivity index (χ1v) is 13.4. The second kappa shape index (κ2) is 13.3. The number of allylic oxidation sites excluding steroid dienone is 1. The maximum atomic E-state index is 12.3. The standard InChI is InChI=1S/C28H40N6O2/c1-3-34(4-2)17-8-18-36-24-15-16-25-26(19-24)29-20-30-27(25)31-22-11-13-23(14-12-22)33-28(35)32-21-9-6-5-7-10-21/h11-16,19-21,25-26H,3-10,17-18H2,1-2H3,(H,29,30,31)(H2,32,33,35). The van der Waals surface area contributed by atoms with E-state index in [2.05, 4.69) is 56.8 Å². The van der Waals surface area contributed by atoms with Crippen molar-refractivity contribution in [1.82, 2.24) is 10.2 Å². The van der Waals surface area contributed by atoms with Crippen molar-refractivity contribution in [2.75, 3.05) is 36.9 Å². The van der Waals surface area contributed by atoms with E-state index < -0.39 is 0 Å². The highest BCUT2D eigenvalue weighted by Gasteiger charge is 2.28. The molecule has 4 rings (SSSR count). The maximum absolute atomic E-state index is 12.3. The van der Waals surface area contributed by atoms with E-state index in [-0.39, 0.29) is 24.0 Å². The van der Waals surface area contributed by atoms with Gasteiger partial charge in [0, 0.05) is 24.0 Å². The average molecular weight is 493 g/mol. The quantitative estimate of drug-likeness (QED) is 0.393. The molecule has 1 aromatic carbocycles. The van der Waals surface area contributed by atoms with E-state index in [4.69, 9.17) is 4.74 Å². The predicted molar refractivity (Wildman–Crippen MR) is 148 cm³/mol. The van der Waals surface area contributed by atoms with E-state index in [1.807, 2.05) is 30.3 Å². The van der Waals surface area contributed by atoms with E-state index >= 15 is 0 Å². The summed E-state index contributed by atoms with van der Waals surface area (Å²) in [6, 6.07) is 7.82. The third-order valence-corrected chi connectivity index (χ3v) is 7.06. The molecule has 0 spiro atoms. The van der Waals surface area contributed by atoms with E-state index in [1.54, 1.807) is 6.34 Å². The number of benzene rings is 1. The minimum Gasteiger partial charge on any atom is -0.494 e. The van der Waals surface area contributed by atoms with Gasteiger partial charge in [-0.15, -0.1) is 0 Å². The normalized spacial score (nSPS) is 21.4. The molecule has 0 radical (unpaired) electrons.